The Hall–Kier alpha value is -3.67. The topological polar surface area (TPSA) is 69.7 Å². The van der Waals surface area contributed by atoms with Gasteiger partial charge in [0.1, 0.15) is 6.54 Å². The zero-order valence-electron chi connectivity index (χ0n) is 19.2. The van der Waals surface area contributed by atoms with E-state index in [0.29, 0.717) is 45.2 Å². The van der Waals surface area contributed by atoms with Gasteiger partial charge in [0.15, 0.2) is 0 Å². The number of hydrogen-bond donors (Lipinski definition) is 1. The maximum absolute atomic E-state index is 13.1. The maximum Gasteiger partial charge on any atom is 0.246 e. The van der Waals surface area contributed by atoms with Gasteiger partial charge in [0.05, 0.1) is 0 Å². The number of anilines is 1. The molecular weight excluding hydrogens is 426 g/mol. The summed E-state index contributed by atoms with van der Waals surface area (Å²) in [7, 11) is 0. The second-order valence-electron chi connectivity index (χ2n) is 9.34. The molecular formula is C28H29N3O3. The second kappa shape index (κ2) is 9.29. The number of para-hydroxylation sites is 1. The van der Waals surface area contributed by atoms with Crippen LogP contribution >= 0.6 is 0 Å². The number of rotatable bonds is 6. The molecule has 174 valence electrons. The van der Waals surface area contributed by atoms with E-state index >= 15 is 0 Å². The van der Waals surface area contributed by atoms with Crippen molar-refractivity contribution in [2.75, 3.05) is 24.5 Å². The number of amides is 3. The summed E-state index contributed by atoms with van der Waals surface area (Å²) in [4.78, 5) is 41.4. The summed E-state index contributed by atoms with van der Waals surface area (Å²) in [5.41, 5.74) is 1.61. The second-order valence-corrected chi connectivity index (χ2v) is 9.34. The number of nitrogens with one attached hydrogen (secondary N) is 1. The number of carbonyl (C=O) groups excluding carboxylic acids is 3. The number of piperazine rings is 1. The number of nitrogens with zero attached hydrogens (tertiary/aromatic N) is 2. The Kier molecular flexibility index (Phi) is 6.05. The third kappa shape index (κ3) is 4.53. The van der Waals surface area contributed by atoms with Crippen molar-refractivity contribution in [2.24, 2.45) is 0 Å². The van der Waals surface area contributed by atoms with Gasteiger partial charge in [-0.3, -0.25) is 14.4 Å². The fourth-order valence-electron chi connectivity index (χ4n) is 5.26. The van der Waals surface area contributed by atoms with Gasteiger partial charge in [0.25, 0.3) is 0 Å². The van der Waals surface area contributed by atoms with Gasteiger partial charge in [0.2, 0.25) is 17.7 Å². The quantitative estimate of drug-likeness (QED) is 0.616. The van der Waals surface area contributed by atoms with Gasteiger partial charge >= 0.3 is 0 Å². The molecule has 2 heterocycles. The highest BCUT2D eigenvalue weighted by atomic mass is 16.2. The van der Waals surface area contributed by atoms with Crippen molar-refractivity contribution in [1.82, 2.24) is 10.2 Å². The van der Waals surface area contributed by atoms with Gasteiger partial charge in [-0.15, -0.1) is 0 Å². The molecule has 3 amide bonds. The smallest absolute Gasteiger partial charge is 0.246 e. The first-order chi connectivity index (χ1) is 16.5. The predicted molar refractivity (Wildman–Crippen MR) is 132 cm³/mol. The van der Waals surface area contributed by atoms with Gasteiger partial charge in [-0.25, -0.2) is 0 Å². The van der Waals surface area contributed by atoms with Crippen molar-refractivity contribution in [1.29, 1.82) is 0 Å². The molecule has 1 N–H and O–H groups in total. The lowest BCUT2D eigenvalue weighted by Gasteiger charge is -2.35. The number of fused-ring (bicyclic) bond motifs is 1. The van der Waals surface area contributed by atoms with Crippen LogP contribution < -0.4 is 10.2 Å². The van der Waals surface area contributed by atoms with Crippen LogP contribution in [0.5, 0.6) is 0 Å². The summed E-state index contributed by atoms with van der Waals surface area (Å²) in [6.07, 6.45) is 2.75. The molecule has 0 aromatic heterocycles. The minimum atomic E-state index is -0.438. The fourth-order valence-corrected chi connectivity index (χ4v) is 5.26. The van der Waals surface area contributed by atoms with Crippen LogP contribution in [0.3, 0.4) is 0 Å². The van der Waals surface area contributed by atoms with E-state index in [0.717, 1.165) is 5.69 Å². The van der Waals surface area contributed by atoms with Crippen LogP contribution in [0.4, 0.5) is 5.69 Å². The number of benzene rings is 3. The largest absolute Gasteiger partial charge is 0.350 e. The van der Waals surface area contributed by atoms with Gasteiger partial charge in [-0.05, 0) is 47.7 Å². The Morgan fingerprint density at radius 1 is 0.912 bits per heavy atom. The molecule has 2 saturated heterocycles. The SMILES string of the molecule is O=C1CCC(CCC(=O)N2CCN(c3ccccc3)C(=O)C2)(Cc2cccc3ccccc23)N1. The van der Waals surface area contributed by atoms with E-state index in [1.165, 1.54) is 16.3 Å². The van der Waals surface area contributed by atoms with E-state index < -0.39 is 5.54 Å². The van der Waals surface area contributed by atoms with E-state index in [1.54, 1.807) is 9.80 Å². The Labute approximate surface area is 199 Å². The first kappa shape index (κ1) is 22.1. The highest BCUT2D eigenvalue weighted by Gasteiger charge is 2.39. The zero-order chi connectivity index (χ0) is 23.5. The van der Waals surface area contributed by atoms with Gasteiger partial charge in [-0.1, -0.05) is 60.7 Å². The maximum atomic E-state index is 13.1. The summed E-state index contributed by atoms with van der Waals surface area (Å²) in [6, 6.07) is 24.1. The number of carbonyl (C=O) groups is 3. The van der Waals surface area contributed by atoms with Crippen molar-refractivity contribution in [2.45, 2.75) is 37.6 Å². The van der Waals surface area contributed by atoms with Crippen molar-refractivity contribution in [3.63, 3.8) is 0 Å². The molecule has 34 heavy (non-hydrogen) atoms. The molecule has 1 atom stereocenters. The van der Waals surface area contributed by atoms with Crippen molar-refractivity contribution in [3.8, 4) is 0 Å². The van der Waals surface area contributed by atoms with Crippen LogP contribution in [-0.4, -0.2) is 47.8 Å². The van der Waals surface area contributed by atoms with Crippen LogP contribution in [0, 0.1) is 0 Å². The fraction of sp³-hybridized carbons (Fsp3) is 0.321. The van der Waals surface area contributed by atoms with E-state index in [9.17, 15) is 14.4 Å². The van der Waals surface area contributed by atoms with E-state index in [-0.39, 0.29) is 24.3 Å². The third-order valence-electron chi connectivity index (χ3n) is 7.10. The van der Waals surface area contributed by atoms with Crippen LogP contribution in [0.2, 0.25) is 0 Å². The van der Waals surface area contributed by atoms with E-state index in [4.69, 9.17) is 0 Å². The Bertz CT molecular complexity index is 1220. The summed E-state index contributed by atoms with van der Waals surface area (Å²) >= 11 is 0. The zero-order valence-corrected chi connectivity index (χ0v) is 19.2. The lowest BCUT2D eigenvalue weighted by atomic mass is 9.83. The standard InChI is InChI=1S/C28H29N3O3/c32-25-13-15-28(29-25,19-22-9-6-8-21-7-4-5-12-24(21)22)16-14-26(33)30-17-18-31(27(34)20-30)23-10-2-1-3-11-23/h1-12H,13-20H2,(H,29,32). The van der Waals surface area contributed by atoms with Gasteiger partial charge in [0, 0.05) is 37.2 Å². The molecule has 2 fully saturated rings. The molecule has 0 aliphatic carbocycles. The van der Waals surface area contributed by atoms with Crippen LogP contribution in [0.25, 0.3) is 10.8 Å². The van der Waals surface area contributed by atoms with E-state index in [2.05, 4.69) is 29.6 Å². The highest BCUT2D eigenvalue weighted by Crippen LogP contribution is 2.32. The molecule has 1 unspecified atom stereocenters. The van der Waals surface area contributed by atoms with Crippen LogP contribution in [0.15, 0.2) is 72.8 Å². The van der Waals surface area contributed by atoms with Crippen LogP contribution in [-0.2, 0) is 20.8 Å². The van der Waals surface area contributed by atoms with Gasteiger partial charge in [-0.2, -0.15) is 0 Å². The molecule has 0 spiro atoms. The summed E-state index contributed by atoms with van der Waals surface area (Å²) in [6.45, 7) is 1.10. The number of hydrogen-bond acceptors (Lipinski definition) is 3. The average molecular weight is 456 g/mol. The monoisotopic (exact) mass is 455 g/mol. The minimum Gasteiger partial charge on any atom is -0.350 e. The van der Waals surface area contributed by atoms with Crippen molar-refractivity contribution < 1.29 is 14.4 Å². The molecule has 0 bridgehead atoms. The summed E-state index contributed by atoms with van der Waals surface area (Å²) < 4.78 is 0. The molecule has 3 aromatic carbocycles. The van der Waals surface area contributed by atoms with Crippen LogP contribution in [0.1, 0.15) is 31.2 Å². The first-order valence-electron chi connectivity index (χ1n) is 11.9. The average Bonchev–Trinajstić information content (AvgIpc) is 3.23. The Balaban J connectivity index is 1.26. The normalized spacial score (nSPS) is 20.6. The molecule has 0 radical (unpaired) electrons. The Morgan fingerprint density at radius 2 is 1.68 bits per heavy atom. The third-order valence-corrected chi connectivity index (χ3v) is 7.10. The molecule has 0 saturated carbocycles. The van der Waals surface area contributed by atoms with Gasteiger partial charge < -0.3 is 15.1 Å². The lowest BCUT2D eigenvalue weighted by molar-refractivity contribution is -0.137. The Morgan fingerprint density at radius 3 is 2.44 bits per heavy atom. The minimum absolute atomic E-state index is 0.0282. The first-order valence-corrected chi connectivity index (χ1v) is 11.9. The predicted octanol–water partition coefficient (Wildman–Crippen LogP) is 3.69. The lowest BCUT2D eigenvalue weighted by Crippen LogP contribution is -2.53. The molecule has 2 aliphatic rings. The summed E-state index contributed by atoms with van der Waals surface area (Å²) in [5, 5.41) is 5.54. The van der Waals surface area contributed by atoms with E-state index in [1.807, 2.05) is 48.5 Å². The highest BCUT2D eigenvalue weighted by molar-refractivity contribution is 5.98. The molecule has 2 aliphatic heterocycles. The molecule has 6 heteroatoms. The molecule has 5 rings (SSSR count). The molecule has 6 nitrogen and oxygen atoms in total. The molecule has 3 aromatic rings. The summed E-state index contributed by atoms with van der Waals surface area (Å²) in [5.74, 6) is -0.0516. The van der Waals surface area contributed by atoms with Crippen molar-refractivity contribution in [3.05, 3.63) is 78.4 Å². The van der Waals surface area contributed by atoms with Crippen molar-refractivity contribution >= 4 is 34.2 Å².